The Labute approximate surface area is 212 Å². The van der Waals surface area contributed by atoms with Gasteiger partial charge in [-0.1, -0.05) is 37.3 Å². The first-order valence-corrected chi connectivity index (χ1v) is 12.2. The van der Waals surface area contributed by atoms with Crippen LogP contribution in [-0.2, 0) is 0 Å². The van der Waals surface area contributed by atoms with Gasteiger partial charge in [-0.05, 0) is 79.7 Å². The van der Waals surface area contributed by atoms with Crippen molar-refractivity contribution in [2.24, 2.45) is 0 Å². The maximum atomic E-state index is 13.0. The van der Waals surface area contributed by atoms with Crippen molar-refractivity contribution in [3.8, 4) is 28.3 Å². The van der Waals surface area contributed by atoms with Gasteiger partial charge in [-0.3, -0.25) is 9.36 Å². The normalized spacial score (nSPS) is 10.9. The molecule has 0 aliphatic heterocycles. The van der Waals surface area contributed by atoms with Gasteiger partial charge in [0.25, 0.3) is 5.56 Å². The summed E-state index contributed by atoms with van der Waals surface area (Å²) in [5.41, 5.74) is 3.93. The van der Waals surface area contributed by atoms with Gasteiger partial charge < -0.3 is 20.4 Å². The predicted molar refractivity (Wildman–Crippen MR) is 148 cm³/mol. The molecule has 0 fully saturated rings. The van der Waals surface area contributed by atoms with Crippen molar-refractivity contribution < 1.29 is 4.74 Å². The van der Waals surface area contributed by atoms with E-state index in [1.54, 1.807) is 16.8 Å². The van der Waals surface area contributed by atoms with E-state index in [1.807, 2.05) is 78.9 Å². The van der Waals surface area contributed by atoms with Crippen LogP contribution >= 0.6 is 0 Å². The van der Waals surface area contributed by atoms with E-state index in [0.29, 0.717) is 5.75 Å². The Kier molecular flexibility index (Phi) is 8.32. The molecular formula is C30H32N4O2. The fraction of sp³-hybridized carbons (Fsp3) is 0.200. The fourth-order valence-electron chi connectivity index (χ4n) is 4.09. The van der Waals surface area contributed by atoms with Gasteiger partial charge in [-0.25, -0.2) is 0 Å². The molecule has 0 saturated heterocycles. The number of nitrogens with zero attached hydrogens (tertiary/aromatic N) is 2. The number of anilines is 1. The molecule has 6 nitrogen and oxygen atoms in total. The molecule has 0 saturated carbocycles. The van der Waals surface area contributed by atoms with Crippen LogP contribution < -0.4 is 15.6 Å². The summed E-state index contributed by atoms with van der Waals surface area (Å²) in [4.78, 5) is 15.3. The van der Waals surface area contributed by atoms with Gasteiger partial charge in [0.05, 0.1) is 0 Å². The van der Waals surface area contributed by atoms with Crippen molar-refractivity contribution in [1.82, 2.24) is 9.47 Å². The zero-order valence-electron chi connectivity index (χ0n) is 20.8. The highest BCUT2D eigenvalue weighted by Gasteiger charge is 2.08. The van der Waals surface area contributed by atoms with Crippen LogP contribution in [0.4, 0.5) is 5.69 Å². The summed E-state index contributed by atoms with van der Waals surface area (Å²) in [5, 5.41) is 11.3. The summed E-state index contributed by atoms with van der Waals surface area (Å²) in [6.45, 7) is 4.94. The van der Waals surface area contributed by atoms with E-state index in [4.69, 9.17) is 10.1 Å². The summed E-state index contributed by atoms with van der Waals surface area (Å²) >= 11 is 0. The maximum absolute atomic E-state index is 13.0. The number of ether oxygens (including phenoxy) is 1. The number of likely N-dealkylation sites (N-methyl/N-ethyl adjacent to an activating group) is 1. The van der Waals surface area contributed by atoms with Crippen molar-refractivity contribution in [3.05, 3.63) is 107 Å². The zero-order chi connectivity index (χ0) is 25.3. The summed E-state index contributed by atoms with van der Waals surface area (Å²) in [7, 11) is 2.11. The number of nitrogens with one attached hydrogen (secondary N) is 2. The van der Waals surface area contributed by atoms with Crippen molar-refractivity contribution in [2.45, 2.75) is 13.3 Å². The SMILES string of the molecule is CCCN(C)CCNc1ccc(-n2ccc(-c3cccc(Oc4ccccc4)c3)cc2=O)cc1C=N. The molecule has 0 aliphatic rings. The summed E-state index contributed by atoms with van der Waals surface area (Å²) in [6, 6.07) is 26.6. The second kappa shape index (κ2) is 12.0. The highest BCUT2D eigenvalue weighted by Crippen LogP contribution is 2.27. The number of aromatic nitrogens is 1. The molecule has 0 atom stereocenters. The standard InChI is InChI=1S/C30H32N4O2/c1-3-16-33(2)18-15-32-29-13-12-26(19-25(29)22-31)34-17-14-24(21-30(34)35)23-8-7-11-28(20-23)36-27-9-5-4-6-10-27/h4-14,17,19-22,31-32H,3,15-16,18H2,1-2H3. The third-order valence-corrected chi connectivity index (χ3v) is 5.95. The second-order valence-corrected chi connectivity index (χ2v) is 8.71. The number of para-hydroxylation sites is 1. The monoisotopic (exact) mass is 480 g/mol. The molecule has 4 rings (SSSR count). The third kappa shape index (κ3) is 6.29. The highest BCUT2D eigenvalue weighted by atomic mass is 16.5. The van der Waals surface area contributed by atoms with E-state index in [-0.39, 0.29) is 5.56 Å². The molecule has 6 heteroatoms. The van der Waals surface area contributed by atoms with Crippen LogP contribution in [0.5, 0.6) is 11.5 Å². The van der Waals surface area contributed by atoms with Crippen molar-refractivity contribution in [2.75, 3.05) is 32.0 Å². The van der Waals surface area contributed by atoms with Crippen LogP contribution in [-0.4, -0.2) is 42.4 Å². The first kappa shape index (κ1) is 24.9. The Balaban J connectivity index is 1.51. The van der Waals surface area contributed by atoms with Gasteiger partial charge in [0, 0.05) is 48.5 Å². The van der Waals surface area contributed by atoms with Crippen LogP contribution in [0, 0.1) is 5.41 Å². The quantitative estimate of drug-likeness (QED) is 0.257. The zero-order valence-corrected chi connectivity index (χ0v) is 20.8. The Morgan fingerprint density at radius 3 is 2.44 bits per heavy atom. The molecule has 0 aliphatic carbocycles. The number of rotatable bonds is 11. The molecule has 0 bridgehead atoms. The Morgan fingerprint density at radius 2 is 1.69 bits per heavy atom. The van der Waals surface area contributed by atoms with Gasteiger partial charge in [0.2, 0.25) is 0 Å². The molecule has 4 aromatic rings. The lowest BCUT2D eigenvalue weighted by Gasteiger charge is -2.17. The number of pyridine rings is 1. The summed E-state index contributed by atoms with van der Waals surface area (Å²) < 4.78 is 7.54. The Hall–Kier alpha value is -4.16. The smallest absolute Gasteiger partial charge is 0.255 e. The number of benzene rings is 3. The van der Waals surface area contributed by atoms with Crippen LogP contribution in [0.1, 0.15) is 18.9 Å². The van der Waals surface area contributed by atoms with Gasteiger partial charge in [0.1, 0.15) is 11.5 Å². The second-order valence-electron chi connectivity index (χ2n) is 8.71. The summed E-state index contributed by atoms with van der Waals surface area (Å²) in [6.07, 6.45) is 4.22. The fourth-order valence-corrected chi connectivity index (χ4v) is 4.09. The van der Waals surface area contributed by atoms with Gasteiger partial charge in [-0.2, -0.15) is 0 Å². The first-order chi connectivity index (χ1) is 17.6. The van der Waals surface area contributed by atoms with Crippen LogP contribution in [0.3, 0.4) is 0 Å². The molecule has 0 amide bonds. The van der Waals surface area contributed by atoms with Crippen molar-refractivity contribution in [3.63, 3.8) is 0 Å². The van der Waals surface area contributed by atoms with E-state index >= 15 is 0 Å². The lowest BCUT2D eigenvalue weighted by atomic mass is 10.1. The van der Waals surface area contributed by atoms with Crippen molar-refractivity contribution >= 4 is 11.9 Å². The first-order valence-electron chi connectivity index (χ1n) is 12.2. The molecule has 184 valence electrons. The van der Waals surface area contributed by atoms with Crippen molar-refractivity contribution in [1.29, 1.82) is 5.41 Å². The molecule has 1 heterocycles. The topological polar surface area (TPSA) is 70.3 Å². The van der Waals surface area contributed by atoms with Crippen LogP contribution in [0.2, 0.25) is 0 Å². The lowest BCUT2D eigenvalue weighted by molar-refractivity contribution is 0.348. The van der Waals surface area contributed by atoms with Crippen LogP contribution in [0.15, 0.2) is 95.9 Å². The molecular weight excluding hydrogens is 448 g/mol. The molecule has 0 radical (unpaired) electrons. The maximum Gasteiger partial charge on any atom is 0.255 e. The predicted octanol–water partition coefficient (Wildman–Crippen LogP) is 6.05. The molecule has 1 aromatic heterocycles. The summed E-state index contributed by atoms with van der Waals surface area (Å²) in [5.74, 6) is 1.47. The molecule has 0 unspecified atom stereocenters. The molecule has 3 aromatic carbocycles. The van der Waals surface area contributed by atoms with E-state index in [2.05, 4.69) is 24.2 Å². The minimum atomic E-state index is -0.139. The lowest BCUT2D eigenvalue weighted by Crippen LogP contribution is -2.26. The van der Waals surface area contributed by atoms with E-state index in [1.165, 1.54) is 6.21 Å². The van der Waals surface area contributed by atoms with Gasteiger partial charge >= 0.3 is 0 Å². The minimum absolute atomic E-state index is 0.139. The molecule has 36 heavy (non-hydrogen) atoms. The number of hydrogen-bond donors (Lipinski definition) is 2. The Bertz CT molecular complexity index is 1360. The van der Waals surface area contributed by atoms with E-state index in [9.17, 15) is 4.79 Å². The third-order valence-electron chi connectivity index (χ3n) is 5.95. The van der Waals surface area contributed by atoms with Gasteiger partial charge in [-0.15, -0.1) is 0 Å². The highest BCUT2D eigenvalue weighted by molar-refractivity contribution is 5.86. The van der Waals surface area contributed by atoms with Gasteiger partial charge in [0.15, 0.2) is 0 Å². The average Bonchev–Trinajstić information content (AvgIpc) is 2.90. The molecule has 0 spiro atoms. The van der Waals surface area contributed by atoms with E-state index in [0.717, 1.165) is 59.9 Å². The number of hydrogen-bond acceptors (Lipinski definition) is 5. The van der Waals surface area contributed by atoms with Crippen LogP contribution in [0.25, 0.3) is 16.8 Å². The minimum Gasteiger partial charge on any atom is -0.457 e. The molecule has 2 N–H and O–H groups in total. The Morgan fingerprint density at radius 1 is 0.917 bits per heavy atom. The largest absolute Gasteiger partial charge is 0.457 e. The average molecular weight is 481 g/mol. The van der Waals surface area contributed by atoms with E-state index < -0.39 is 0 Å².